The number of urea groups is 1. The maximum absolute atomic E-state index is 12.7. The average molecular weight is 407 g/mol. The highest BCUT2D eigenvalue weighted by molar-refractivity contribution is 7.18. The third-order valence-electron chi connectivity index (χ3n) is 4.44. The molecule has 2 aromatic carbocycles. The Hall–Kier alpha value is -3.26. The lowest BCUT2D eigenvalue weighted by atomic mass is 10.1. The molecule has 3 N–H and O–H groups in total. The molecule has 4 rings (SSSR count). The highest BCUT2D eigenvalue weighted by atomic mass is 32.1. The fourth-order valence-corrected chi connectivity index (χ4v) is 4.01. The largest absolute Gasteiger partial charge is 0.324 e. The maximum atomic E-state index is 12.7. The summed E-state index contributed by atoms with van der Waals surface area (Å²) in [6.45, 7) is 6.08. The Labute approximate surface area is 172 Å². The second-order valence-corrected chi connectivity index (χ2v) is 8.17. The molecule has 0 spiro atoms. The van der Waals surface area contributed by atoms with Crippen LogP contribution in [-0.2, 0) is 0 Å². The van der Waals surface area contributed by atoms with Gasteiger partial charge in [-0.15, -0.1) is 11.3 Å². The molecule has 0 aliphatic heterocycles. The van der Waals surface area contributed by atoms with Gasteiger partial charge in [0.1, 0.15) is 11.9 Å². The lowest BCUT2D eigenvalue weighted by Gasteiger charge is -2.17. The SMILES string of the molecule is Cc1nc(C(NC(=O)Nc2ccc3nc(C(C)C)sc3c2)c2ccccc2)n[nH]1. The average Bonchev–Trinajstić information content (AvgIpc) is 3.32. The first-order valence-electron chi connectivity index (χ1n) is 9.41. The zero-order valence-electron chi connectivity index (χ0n) is 16.4. The molecular weight excluding hydrogens is 384 g/mol. The minimum atomic E-state index is -0.458. The molecule has 148 valence electrons. The van der Waals surface area contributed by atoms with Crippen molar-refractivity contribution in [3.05, 3.63) is 70.8 Å². The normalized spacial score (nSPS) is 12.3. The summed E-state index contributed by atoms with van der Waals surface area (Å²) < 4.78 is 1.05. The van der Waals surface area contributed by atoms with Crippen LogP contribution < -0.4 is 10.6 Å². The van der Waals surface area contributed by atoms with Crippen LogP contribution in [0.5, 0.6) is 0 Å². The van der Waals surface area contributed by atoms with Crippen molar-refractivity contribution in [2.45, 2.75) is 32.7 Å². The van der Waals surface area contributed by atoms with E-state index in [4.69, 9.17) is 0 Å². The van der Waals surface area contributed by atoms with Gasteiger partial charge >= 0.3 is 6.03 Å². The van der Waals surface area contributed by atoms with Crippen molar-refractivity contribution in [3.8, 4) is 0 Å². The minimum absolute atomic E-state index is 0.325. The Morgan fingerprint density at radius 1 is 1.10 bits per heavy atom. The topological polar surface area (TPSA) is 95.6 Å². The van der Waals surface area contributed by atoms with Crippen LogP contribution in [0.4, 0.5) is 10.5 Å². The van der Waals surface area contributed by atoms with Crippen molar-refractivity contribution in [1.82, 2.24) is 25.5 Å². The maximum Gasteiger partial charge on any atom is 0.320 e. The van der Waals surface area contributed by atoms with Gasteiger partial charge in [0.25, 0.3) is 0 Å². The van der Waals surface area contributed by atoms with Crippen LogP contribution in [0.25, 0.3) is 10.2 Å². The Morgan fingerprint density at radius 3 is 2.59 bits per heavy atom. The molecule has 2 amide bonds. The molecular formula is C21H22N6OS. The molecule has 2 heterocycles. The number of aryl methyl sites for hydroxylation is 1. The second kappa shape index (κ2) is 8.00. The number of benzene rings is 2. The third kappa shape index (κ3) is 4.27. The summed E-state index contributed by atoms with van der Waals surface area (Å²) in [6, 6.07) is 14.6. The summed E-state index contributed by atoms with van der Waals surface area (Å²) in [7, 11) is 0. The smallest absolute Gasteiger partial charge is 0.320 e. The molecule has 0 saturated heterocycles. The first kappa shape index (κ1) is 19.1. The molecule has 29 heavy (non-hydrogen) atoms. The summed E-state index contributed by atoms with van der Waals surface area (Å²) in [5.74, 6) is 1.59. The molecule has 0 bridgehead atoms. The quantitative estimate of drug-likeness (QED) is 0.445. The number of carbonyl (C=O) groups excluding carboxylic acids is 1. The number of nitrogens with one attached hydrogen (secondary N) is 3. The van der Waals surface area contributed by atoms with Crippen LogP contribution >= 0.6 is 11.3 Å². The van der Waals surface area contributed by atoms with Crippen LogP contribution in [0.1, 0.15) is 48.0 Å². The van der Waals surface area contributed by atoms with Gasteiger partial charge in [-0.3, -0.25) is 5.10 Å². The predicted octanol–water partition coefficient (Wildman–Crippen LogP) is 4.76. The van der Waals surface area contributed by atoms with Crippen molar-refractivity contribution in [2.24, 2.45) is 0 Å². The van der Waals surface area contributed by atoms with Crippen molar-refractivity contribution < 1.29 is 4.79 Å². The van der Waals surface area contributed by atoms with Crippen molar-refractivity contribution >= 4 is 33.3 Å². The van der Waals surface area contributed by atoms with Gasteiger partial charge in [0.05, 0.1) is 15.2 Å². The van der Waals surface area contributed by atoms with E-state index in [0.29, 0.717) is 23.3 Å². The monoisotopic (exact) mass is 406 g/mol. The number of thiazole rings is 1. The summed E-state index contributed by atoms with van der Waals surface area (Å²) >= 11 is 1.65. The van der Waals surface area contributed by atoms with Gasteiger partial charge in [-0.2, -0.15) is 5.10 Å². The molecule has 2 aromatic heterocycles. The van der Waals surface area contributed by atoms with E-state index < -0.39 is 6.04 Å². The van der Waals surface area contributed by atoms with E-state index in [1.54, 1.807) is 11.3 Å². The summed E-state index contributed by atoms with van der Waals surface area (Å²) in [5.41, 5.74) is 2.57. The van der Waals surface area contributed by atoms with E-state index in [1.807, 2.05) is 55.5 Å². The van der Waals surface area contributed by atoms with Crippen LogP contribution in [0.2, 0.25) is 0 Å². The summed E-state index contributed by atoms with van der Waals surface area (Å²) in [4.78, 5) is 21.8. The lowest BCUT2D eigenvalue weighted by molar-refractivity contribution is 0.249. The number of amides is 2. The first-order chi connectivity index (χ1) is 14.0. The Morgan fingerprint density at radius 2 is 1.90 bits per heavy atom. The number of aromatic amines is 1. The molecule has 7 nitrogen and oxygen atoms in total. The Bertz CT molecular complexity index is 1130. The minimum Gasteiger partial charge on any atom is -0.324 e. The van der Waals surface area contributed by atoms with Crippen molar-refractivity contribution in [3.63, 3.8) is 0 Å². The summed E-state index contributed by atoms with van der Waals surface area (Å²) in [5, 5.41) is 14.0. The van der Waals surface area contributed by atoms with E-state index in [2.05, 4.69) is 44.6 Å². The molecule has 1 atom stereocenters. The zero-order valence-corrected chi connectivity index (χ0v) is 17.2. The van der Waals surface area contributed by atoms with Gasteiger partial charge in [0.2, 0.25) is 0 Å². The highest BCUT2D eigenvalue weighted by Gasteiger charge is 2.21. The number of nitrogens with zero attached hydrogens (tertiary/aromatic N) is 3. The van der Waals surface area contributed by atoms with Crippen LogP contribution in [0, 0.1) is 6.92 Å². The van der Waals surface area contributed by atoms with Crippen LogP contribution in [0.3, 0.4) is 0 Å². The van der Waals surface area contributed by atoms with Gasteiger partial charge in [-0.05, 0) is 30.7 Å². The fraction of sp³-hybridized carbons (Fsp3) is 0.238. The van der Waals surface area contributed by atoms with Gasteiger partial charge in [-0.1, -0.05) is 44.2 Å². The van der Waals surface area contributed by atoms with Gasteiger partial charge in [0.15, 0.2) is 5.82 Å². The number of hydrogen-bond acceptors (Lipinski definition) is 5. The fourth-order valence-electron chi connectivity index (χ4n) is 3.00. The number of H-pyrrole nitrogens is 1. The van der Waals surface area contributed by atoms with E-state index in [-0.39, 0.29) is 6.03 Å². The molecule has 4 aromatic rings. The number of fused-ring (bicyclic) bond motifs is 1. The van der Waals surface area contributed by atoms with Gasteiger partial charge in [-0.25, -0.2) is 14.8 Å². The van der Waals surface area contributed by atoms with Crippen LogP contribution in [0.15, 0.2) is 48.5 Å². The lowest BCUT2D eigenvalue weighted by Crippen LogP contribution is -2.33. The predicted molar refractivity (Wildman–Crippen MR) is 115 cm³/mol. The van der Waals surface area contributed by atoms with E-state index in [1.165, 1.54) is 0 Å². The van der Waals surface area contributed by atoms with E-state index in [9.17, 15) is 4.79 Å². The number of aromatic nitrogens is 4. The third-order valence-corrected chi connectivity index (χ3v) is 5.76. The Balaban J connectivity index is 1.54. The summed E-state index contributed by atoms with van der Waals surface area (Å²) in [6.07, 6.45) is 0. The molecule has 1 unspecified atom stereocenters. The number of carbonyl (C=O) groups is 1. The van der Waals surface area contributed by atoms with Crippen LogP contribution in [-0.4, -0.2) is 26.2 Å². The van der Waals surface area contributed by atoms with Gasteiger partial charge in [0, 0.05) is 11.6 Å². The van der Waals surface area contributed by atoms with E-state index in [0.717, 1.165) is 20.8 Å². The highest BCUT2D eigenvalue weighted by Crippen LogP contribution is 2.29. The number of hydrogen-bond donors (Lipinski definition) is 3. The number of anilines is 1. The Kier molecular flexibility index (Phi) is 5.26. The standard InChI is InChI=1S/C21H22N6OS/c1-12(2)20-24-16-10-9-15(11-17(16)29-20)23-21(28)25-18(14-7-5-4-6-8-14)19-22-13(3)26-27-19/h4-12,18H,1-3H3,(H,22,26,27)(H2,23,25,28). The molecule has 0 fully saturated rings. The molecule has 8 heteroatoms. The van der Waals surface area contributed by atoms with Crippen molar-refractivity contribution in [1.29, 1.82) is 0 Å². The van der Waals surface area contributed by atoms with E-state index >= 15 is 0 Å². The molecule has 0 aliphatic carbocycles. The first-order valence-corrected chi connectivity index (χ1v) is 10.2. The zero-order chi connectivity index (χ0) is 20.4. The molecule has 0 aliphatic rings. The van der Waals surface area contributed by atoms with Gasteiger partial charge < -0.3 is 10.6 Å². The van der Waals surface area contributed by atoms with Crippen molar-refractivity contribution in [2.75, 3.05) is 5.32 Å². The molecule has 0 radical (unpaired) electrons. The molecule has 0 saturated carbocycles. The second-order valence-electron chi connectivity index (χ2n) is 7.11. The number of rotatable bonds is 5.